The van der Waals surface area contributed by atoms with Crippen LogP contribution in [0.15, 0.2) is 0 Å². The van der Waals surface area contributed by atoms with Crippen LogP contribution >= 0.6 is 0 Å². The van der Waals surface area contributed by atoms with E-state index in [9.17, 15) is 54.6 Å². The van der Waals surface area contributed by atoms with Gasteiger partial charge in [0.2, 0.25) is 11.8 Å². The quantitative estimate of drug-likeness (QED) is 0.0160. The van der Waals surface area contributed by atoms with Gasteiger partial charge in [0.15, 0.2) is 24.5 Å². The van der Waals surface area contributed by atoms with Gasteiger partial charge in [-0.1, -0.05) is 394 Å². The molecule has 0 aromatic heterocycles. The lowest BCUT2D eigenvalue weighted by Crippen LogP contribution is -2.67. The maximum Gasteiger partial charge on any atom is 0.331 e. The number of carbonyl (C=O) groups is 5. The minimum absolute atomic E-state index is 0.210. The average molecular weight is 1520 g/mol. The normalized spacial score (nSPS) is 20.4. The van der Waals surface area contributed by atoms with Crippen LogP contribution in [0.2, 0.25) is 0 Å². The molecule has 2 fully saturated rings. The van der Waals surface area contributed by atoms with Crippen molar-refractivity contribution in [3.05, 3.63) is 0 Å². The molecule has 107 heavy (non-hydrogen) atoms. The molecule has 2 amide bonds. The van der Waals surface area contributed by atoms with Crippen molar-refractivity contribution in [1.82, 2.24) is 10.6 Å². The fraction of sp³-hybridized carbons (Fsp3) is 0.944. The molecule has 2 aliphatic rings. The fourth-order valence-electron chi connectivity index (χ4n) is 15.5. The van der Waals surface area contributed by atoms with Crippen LogP contribution in [0.4, 0.5) is 0 Å². The Kier molecular flexibility index (Phi) is 66.3. The smallest absolute Gasteiger partial charge is 0.331 e. The van der Waals surface area contributed by atoms with Gasteiger partial charge >= 0.3 is 17.9 Å². The first-order valence-corrected chi connectivity index (χ1v) is 45.7. The number of unbranched alkanes of at least 4 members (excludes halogenated alkanes) is 55. The molecule has 2 aliphatic heterocycles. The van der Waals surface area contributed by atoms with E-state index in [4.69, 9.17) is 23.7 Å². The van der Waals surface area contributed by atoms with Gasteiger partial charge < -0.3 is 65.0 Å². The van der Waals surface area contributed by atoms with E-state index < -0.39 is 123 Å². The zero-order valence-corrected chi connectivity index (χ0v) is 69.3. The Labute approximate surface area is 653 Å². The number of esters is 3. The summed E-state index contributed by atoms with van der Waals surface area (Å²) in [5, 5.41) is 72.1. The van der Waals surface area contributed by atoms with Gasteiger partial charge in [0, 0.05) is 6.42 Å². The maximum atomic E-state index is 14.5. The van der Waals surface area contributed by atoms with Crippen molar-refractivity contribution < 1.29 is 78.3 Å². The SMILES string of the molecule is CCCCCCCCCCCCCCCCCCCCCCCCCCCCC(=O)O[C@H](CCCCCCCCCCCCC)CC(=O)N[C@H]1[C@H](OC[C@H]2OC(=O)[C@H](NC(=O)C[C@H](O)CCCCCCCCCCCCC)[C@@H](O)[C@@H]2O)O[C@H](CO)[C@@H](O)[C@@H]1OC(=O)C[C@H](O)CCCCCCCCCCCCC. The van der Waals surface area contributed by atoms with Crippen LogP contribution in [0.25, 0.3) is 0 Å². The number of aliphatic hydroxyl groups is 6. The van der Waals surface area contributed by atoms with Gasteiger partial charge in [0.25, 0.3) is 0 Å². The first-order chi connectivity index (χ1) is 52.2. The van der Waals surface area contributed by atoms with E-state index in [1.54, 1.807) is 0 Å². The van der Waals surface area contributed by atoms with Crippen LogP contribution in [0.5, 0.6) is 0 Å². The monoisotopic (exact) mass is 1520 g/mol. The zero-order chi connectivity index (χ0) is 77.8. The minimum atomic E-state index is -1.87. The number of ether oxygens (including phenoxy) is 5. The highest BCUT2D eigenvalue weighted by Gasteiger charge is 2.51. The number of hydrogen-bond donors (Lipinski definition) is 8. The Morgan fingerprint density at radius 1 is 0.383 bits per heavy atom. The molecular weight excluding hydrogens is 1350 g/mol. The maximum absolute atomic E-state index is 14.5. The molecule has 12 atom stereocenters. The second-order valence-electron chi connectivity index (χ2n) is 32.7. The van der Waals surface area contributed by atoms with Gasteiger partial charge in [-0.05, 0) is 32.1 Å². The summed E-state index contributed by atoms with van der Waals surface area (Å²) in [4.78, 5) is 68.7. The third-order valence-corrected chi connectivity index (χ3v) is 22.5. The number of nitrogens with one attached hydrogen (secondary N) is 2. The van der Waals surface area contributed by atoms with Gasteiger partial charge in [0.1, 0.15) is 36.6 Å². The van der Waals surface area contributed by atoms with Crippen molar-refractivity contribution in [2.75, 3.05) is 13.2 Å². The first kappa shape index (κ1) is 100. The molecule has 0 unspecified atom stereocenters. The highest BCUT2D eigenvalue weighted by atomic mass is 16.7. The van der Waals surface area contributed by atoms with Gasteiger partial charge in [-0.2, -0.15) is 0 Å². The molecule has 0 aromatic rings. The molecule has 18 nitrogen and oxygen atoms in total. The number of rotatable bonds is 77. The molecule has 0 saturated carbocycles. The molecule has 0 spiro atoms. The van der Waals surface area contributed by atoms with Crippen LogP contribution < -0.4 is 10.6 Å². The van der Waals surface area contributed by atoms with E-state index in [-0.39, 0.29) is 19.3 Å². The summed E-state index contributed by atoms with van der Waals surface area (Å²) >= 11 is 0. The molecule has 18 heteroatoms. The van der Waals surface area contributed by atoms with E-state index in [2.05, 4.69) is 38.3 Å². The third-order valence-electron chi connectivity index (χ3n) is 22.5. The molecule has 2 rings (SSSR count). The van der Waals surface area contributed by atoms with Crippen molar-refractivity contribution in [2.45, 2.75) is 525 Å². The zero-order valence-electron chi connectivity index (χ0n) is 69.3. The molecule has 0 radical (unpaired) electrons. The lowest BCUT2D eigenvalue weighted by molar-refractivity contribution is -0.283. The van der Waals surface area contributed by atoms with Gasteiger partial charge in [-0.15, -0.1) is 0 Å². The van der Waals surface area contributed by atoms with Crippen molar-refractivity contribution in [3.8, 4) is 0 Å². The molecule has 2 saturated heterocycles. The Bertz CT molecular complexity index is 2070. The second kappa shape index (κ2) is 70.9. The molecule has 0 aromatic carbocycles. The van der Waals surface area contributed by atoms with Gasteiger partial charge in [0.05, 0.1) is 44.7 Å². The summed E-state index contributed by atoms with van der Waals surface area (Å²) in [6.45, 7) is 7.47. The summed E-state index contributed by atoms with van der Waals surface area (Å²) in [5.41, 5.74) is 0. The lowest BCUT2D eigenvalue weighted by atomic mass is 9.95. The van der Waals surface area contributed by atoms with E-state index >= 15 is 0 Å². The van der Waals surface area contributed by atoms with E-state index in [1.807, 2.05) is 0 Å². The summed E-state index contributed by atoms with van der Waals surface area (Å²) < 4.78 is 29.8. The van der Waals surface area contributed by atoms with Crippen LogP contribution in [0.3, 0.4) is 0 Å². The first-order valence-electron chi connectivity index (χ1n) is 45.7. The highest BCUT2D eigenvalue weighted by molar-refractivity contribution is 5.86. The van der Waals surface area contributed by atoms with Crippen LogP contribution in [-0.4, -0.2) is 147 Å². The molecule has 2 heterocycles. The Morgan fingerprint density at radius 2 is 0.710 bits per heavy atom. The number of hydrogen-bond acceptors (Lipinski definition) is 16. The summed E-state index contributed by atoms with van der Waals surface area (Å²) in [6.07, 6.45) is 56.7. The van der Waals surface area contributed by atoms with E-state index in [0.717, 1.165) is 96.3 Å². The van der Waals surface area contributed by atoms with Crippen LogP contribution in [-0.2, 0) is 47.7 Å². The summed E-state index contributed by atoms with van der Waals surface area (Å²) in [6, 6.07) is -3.18. The standard InChI is InChI=1S/C89H168N2O16/c1-5-9-13-17-21-25-29-30-31-32-33-34-35-36-37-38-39-40-41-42-43-47-51-55-59-63-67-80(97)104-75(66-62-58-54-50-46-28-24-20-16-12-8-4)70-79(96)91-83-87(107-81(98)69-74(94)65-61-57-53-49-45-27-23-19-15-11-7-3)85(100)76(71-92)106-89(83)103-72-77-84(99)86(101)82(88(102)105-77)90-78(95)68-73(93)64-60-56-52-48-44-26-22-18-14-10-6-2/h73-77,82-87,89,92-94,99-101H,5-72H2,1-4H3,(H,90,95)(H,91,96)/t73-,74-,75-,76-,77-,82-,83-,84-,85-,86-,87-,89-/m1/s1. The number of aliphatic hydroxyl groups excluding tert-OH is 6. The average Bonchev–Trinajstić information content (AvgIpc) is 0.794. The van der Waals surface area contributed by atoms with E-state index in [1.165, 1.54) is 263 Å². The molecule has 630 valence electrons. The Morgan fingerprint density at radius 3 is 1.07 bits per heavy atom. The topological polar surface area (TPSA) is 277 Å². The van der Waals surface area contributed by atoms with Crippen molar-refractivity contribution in [2.24, 2.45) is 0 Å². The Balaban J connectivity index is 2.08. The van der Waals surface area contributed by atoms with E-state index in [0.29, 0.717) is 38.5 Å². The minimum Gasteiger partial charge on any atom is -0.462 e. The van der Waals surface area contributed by atoms with Crippen molar-refractivity contribution in [1.29, 1.82) is 0 Å². The van der Waals surface area contributed by atoms with Gasteiger partial charge in [-0.3, -0.25) is 19.2 Å². The molecule has 8 N–H and O–H groups in total. The lowest BCUT2D eigenvalue weighted by Gasteiger charge is -2.44. The Hall–Kier alpha value is -2.97. The predicted octanol–water partition coefficient (Wildman–Crippen LogP) is 20.1. The number of carbonyl (C=O) groups excluding carboxylic acids is 5. The fourth-order valence-corrected chi connectivity index (χ4v) is 15.5. The predicted molar refractivity (Wildman–Crippen MR) is 433 cm³/mol. The highest BCUT2D eigenvalue weighted by Crippen LogP contribution is 2.29. The van der Waals surface area contributed by atoms with Crippen molar-refractivity contribution >= 4 is 29.7 Å². The summed E-state index contributed by atoms with van der Waals surface area (Å²) in [5.74, 6) is -3.72. The largest absolute Gasteiger partial charge is 0.462 e. The molecule has 0 bridgehead atoms. The van der Waals surface area contributed by atoms with Crippen molar-refractivity contribution in [3.63, 3.8) is 0 Å². The molecule has 0 aliphatic carbocycles. The number of cyclic esters (lactones) is 1. The number of amides is 2. The van der Waals surface area contributed by atoms with Crippen LogP contribution in [0, 0.1) is 0 Å². The van der Waals surface area contributed by atoms with Gasteiger partial charge in [-0.25, -0.2) is 4.79 Å². The third kappa shape index (κ3) is 54.4. The van der Waals surface area contributed by atoms with Crippen LogP contribution in [0.1, 0.15) is 451 Å². The molecular formula is C89H168N2O16. The second-order valence-corrected chi connectivity index (χ2v) is 32.7. The summed E-state index contributed by atoms with van der Waals surface area (Å²) in [7, 11) is 0.